The van der Waals surface area contributed by atoms with Gasteiger partial charge in [-0.25, -0.2) is 4.39 Å². The number of carbonyl (C=O) groups excluding carboxylic acids is 1. The van der Waals surface area contributed by atoms with Crippen molar-refractivity contribution in [2.24, 2.45) is 5.41 Å². The maximum absolute atomic E-state index is 14.3. The Hall–Kier alpha value is -1.92. The van der Waals surface area contributed by atoms with Crippen molar-refractivity contribution in [3.8, 4) is 0 Å². The molecule has 1 unspecified atom stereocenters. The first-order chi connectivity index (χ1) is 15.1. The van der Waals surface area contributed by atoms with Gasteiger partial charge in [-0.2, -0.15) is 5.10 Å². The zero-order valence-corrected chi connectivity index (χ0v) is 21.8. The van der Waals surface area contributed by atoms with Crippen LogP contribution >= 0.6 is 11.6 Å². The molecule has 3 rings (SSSR count). The molecule has 0 radical (unpaired) electrons. The molecule has 2 aromatic rings. The van der Waals surface area contributed by atoms with Gasteiger partial charge in [0, 0.05) is 23.7 Å². The fraction of sp³-hybridized carbons (Fsp3) is 0.615. The molecule has 5 nitrogen and oxygen atoms in total. The van der Waals surface area contributed by atoms with Gasteiger partial charge in [-0.3, -0.25) is 14.8 Å². The molecule has 1 aromatic heterocycles. The Labute approximate surface area is 202 Å². The summed E-state index contributed by atoms with van der Waals surface area (Å²) in [5.41, 5.74) is 1.24. The Balaban J connectivity index is 1.89. The smallest absolute Gasteiger partial charge is 0.237 e. The molecule has 7 heteroatoms. The van der Waals surface area contributed by atoms with E-state index in [0.717, 1.165) is 17.7 Å². The molecular formula is C26H38ClFN4O. The SMILES string of the molecule is CC(C)(C)CC(C)(C)NC(=O)[C@@H]1CC(c2ccn(C(C)(C)C)n2)[C@H](c2ccc(Cl)c(F)c2)N1. The third-order valence-corrected chi connectivity index (χ3v) is 6.31. The molecule has 1 amide bonds. The molecule has 0 saturated carbocycles. The number of nitrogens with zero attached hydrogens (tertiary/aromatic N) is 2. The van der Waals surface area contributed by atoms with Gasteiger partial charge in [0.05, 0.1) is 22.3 Å². The van der Waals surface area contributed by atoms with Gasteiger partial charge in [0.2, 0.25) is 5.91 Å². The van der Waals surface area contributed by atoms with Crippen molar-refractivity contribution >= 4 is 17.5 Å². The molecule has 1 aliphatic heterocycles. The number of aromatic nitrogens is 2. The van der Waals surface area contributed by atoms with Crippen LogP contribution in [-0.2, 0) is 10.3 Å². The normalized spacial score (nSPS) is 21.9. The zero-order chi connectivity index (χ0) is 24.8. The van der Waals surface area contributed by atoms with E-state index in [1.165, 1.54) is 6.07 Å². The monoisotopic (exact) mass is 476 g/mol. The minimum atomic E-state index is -0.464. The Kier molecular flexibility index (Phi) is 7.03. The number of halogens is 2. The Morgan fingerprint density at radius 2 is 1.85 bits per heavy atom. The zero-order valence-electron chi connectivity index (χ0n) is 21.1. The topological polar surface area (TPSA) is 59.0 Å². The van der Waals surface area contributed by atoms with E-state index in [0.29, 0.717) is 6.42 Å². The molecular weight excluding hydrogens is 439 g/mol. The third kappa shape index (κ3) is 6.36. The molecule has 1 aliphatic rings. The number of rotatable bonds is 5. The van der Waals surface area contributed by atoms with Gasteiger partial charge >= 0.3 is 0 Å². The van der Waals surface area contributed by atoms with Gasteiger partial charge in [0.15, 0.2) is 0 Å². The fourth-order valence-corrected chi connectivity index (χ4v) is 5.12. The lowest BCUT2D eigenvalue weighted by atomic mass is 9.81. The second kappa shape index (κ2) is 9.03. The van der Waals surface area contributed by atoms with Gasteiger partial charge in [-0.15, -0.1) is 0 Å². The van der Waals surface area contributed by atoms with Crippen LogP contribution in [0.15, 0.2) is 30.5 Å². The Morgan fingerprint density at radius 3 is 2.39 bits per heavy atom. The minimum Gasteiger partial charge on any atom is -0.350 e. The average Bonchev–Trinajstić information content (AvgIpc) is 3.27. The van der Waals surface area contributed by atoms with E-state index in [2.05, 4.69) is 66.0 Å². The van der Waals surface area contributed by atoms with Gasteiger partial charge in [-0.05, 0) is 76.6 Å². The maximum Gasteiger partial charge on any atom is 0.237 e. The van der Waals surface area contributed by atoms with Crippen molar-refractivity contribution < 1.29 is 9.18 Å². The van der Waals surface area contributed by atoms with Crippen LogP contribution in [0.2, 0.25) is 5.02 Å². The predicted octanol–water partition coefficient (Wildman–Crippen LogP) is 5.95. The molecule has 1 aromatic carbocycles. The van der Waals surface area contributed by atoms with Crippen molar-refractivity contribution in [2.75, 3.05) is 0 Å². The maximum atomic E-state index is 14.3. The number of amides is 1. The largest absolute Gasteiger partial charge is 0.350 e. The molecule has 0 aliphatic carbocycles. The van der Waals surface area contributed by atoms with Crippen LogP contribution in [-0.4, -0.2) is 27.3 Å². The van der Waals surface area contributed by atoms with Gasteiger partial charge in [-0.1, -0.05) is 38.4 Å². The Bertz CT molecular complexity index is 1000. The van der Waals surface area contributed by atoms with Gasteiger partial charge in [0.1, 0.15) is 5.82 Å². The van der Waals surface area contributed by atoms with Crippen molar-refractivity contribution in [1.29, 1.82) is 0 Å². The molecule has 2 N–H and O–H groups in total. The second-order valence-electron chi connectivity index (χ2n) is 12.2. The van der Waals surface area contributed by atoms with Crippen molar-refractivity contribution in [3.63, 3.8) is 0 Å². The van der Waals surface area contributed by atoms with Crippen molar-refractivity contribution in [3.05, 3.63) is 52.6 Å². The minimum absolute atomic E-state index is 0.0403. The summed E-state index contributed by atoms with van der Waals surface area (Å²) in [6.07, 6.45) is 3.39. The van der Waals surface area contributed by atoms with Crippen LogP contribution in [0.25, 0.3) is 0 Å². The number of hydrogen-bond acceptors (Lipinski definition) is 3. The van der Waals surface area contributed by atoms with E-state index >= 15 is 0 Å². The van der Waals surface area contributed by atoms with Gasteiger partial charge < -0.3 is 5.32 Å². The van der Waals surface area contributed by atoms with Crippen molar-refractivity contribution in [2.45, 2.75) is 97.3 Å². The predicted molar refractivity (Wildman–Crippen MR) is 132 cm³/mol. The molecule has 0 bridgehead atoms. The summed E-state index contributed by atoms with van der Waals surface area (Å²) in [4.78, 5) is 13.3. The summed E-state index contributed by atoms with van der Waals surface area (Å²) in [5.74, 6) is -0.578. The van der Waals surface area contributed by atoms with E-state index in [4.69, 9.17) is 16.7 Å². The van der Waals surface area contributed by atoms with E-state index in [1.807, 2.05) is 23.0 Å². The fourth-order valence-electron chi connectivity index (χ4n) is 5.00. The lowest BCUT2D eigenvalue weighted by molar-refractivity contribution is -0.124. The highest BCUT2D eigenvalue weighted by atomic mass is 35.5. The van der Waals surface area contributed by atoms with Gasteiger partial charge in [0.25, 0.3) is 0 Å². The average molecular weight is 477 g/mol. The van der Waals surface area contributed by atoms with E-state index < -0.39 is 11.9 Å². The lowest BCUT2D eigenvalue weighted by Crippen LogP contribution is -2.51. The molecule has 3 atom stereocenters. The number of hydrogen-bond donors (Lipinski definition) is 2. The molecule has 33 heavy (non-hydrogen) atoms. The van der Waals surface area contributed by atoms with Crippen LogP contribution in [0.1, 0.15) is 91.4 Å². The molecule has 0 spiro atoms. The van der Waals surface area contributed by atoms with Crippen LogP contribution in [0, 0.1) is 11.2 Å². The van der Waals surface area contributed by atoms with Crippen LogP contribution < -0.4 is 10.6 Å². The summed E-state index contributed by atoms with van der Waals surface area (Å²) in [5, 5.41) is 11.6. The van der Waals surface area contributed by atoms with E-state index in [-0.39, 0.29) is 39.4 Å². The Morgan fingerprint density at radius 1 is 1.18 bits per heavy atom. The van der Waals surface area contributed by atoms with E-state index in [1.54, 1.807) is 6.07 Å². The molecule has 182 valence electrons. The molecule has 1 saturated heterocycles. The second-order valence-corrected chi connectivity index (χ2v) is 12.6. The van der Waals surface area contributed by atoms with Crippen LogP contribution in [0.3, 0.4) is 0 Å². The highest BCUT2D eigenvalue weighted by Gasteiger charge is 2.42. The number of carbonyl (C=O) groups is 1. The quantitative estimate of drug-likeness (QED) is 0.560. The van der Waals surface area contributed by atoms with Crippen LogP contribution in [0.5, 0.6) is 0 Å². The molecule has 1 fully saturated rings. The molecule has 2 heterocycles. The van der Waals surface area contributed by atoms with E-state index in [9.17, 15) is 9.18 Å². The first-order valence-electron chi connectivity index (χ1n) is 11.6. The number of nitrogens with one attached hydrogen (secondary N) is 2. The van der Waals surface area contributed by atoms with Crippen molar-refractivity contribution in [1.82, 2.24) is 20.4 Å². The highest BCUT2D eigenvalue weighted by molar-refractivity contribution is 6.30. The summed E-state index contributed by atoms with van der Waals surface area (Å²) in [6, 6.07) is 6.19. The number of benzene rings is 1. The third-order valence-electron chi connectivity index (χ3n) is 6.00. The summed E-state index contributed by atoms with van der Waals surface area (Å²) in [6.45, 7) is 16.9. The first kappa shape index (κ1) is 25.7. The van der Waals surface area contributed by atoms with Crippen LogP contribution in [0.4, 0.5) is 4.39 Å². The summed E-state index contributed by atoms with van der Waals surface area (Å²) >= 11 is 5.92. The lowest BCUT2D eigenvalue weighted by Gasteiger charge is -2.34. The summed E-state index contributed by atoms with van der Waals surface area (Å²) in [7, 11) is 0. The highest BCUT2D eigenvalue weighted by Crippen LogP contribution is 2.41. The standard InChI is InChI=1S/C26H38ClFN4O/c1-24(2,3)15-26(7,8)30-23(33)21-14-17(20-11-12-32(31-20)25(4,5)6)22(29-21)16-9-10-18(27)19(28)13-16/h9-13,17,21-22,29H,14-15H2,1-8H3,(H,30,33)/t17?,21-,22-/m0/s1. The summed E-state index contributed by atoms with van der Waals surface area (Å²) < 4.78 is 16.2. The first-order valence-corrected chi connectivity index (χ1v) is 12.0.